The van der Waals surface area contributed by atoms with Gasteiger partial charge < -0.3 is 4.74 Å². The average molecular weight is 283 g/mol. The number of hydrogen-bond donors (Lipinski definition) is 0. The van der Waals surface area contributed by atoms with Gasteiger partial charge in [0.05, 0.1) is 0 Å². The minimum atomic E-state index is -0.176. The minimum Gasteiger partial charge on any atom is -0.426 e. The molecule has 0 unspecified atom stereocenters. The summed E-state index contributed by atoms with van der Waals surface area (Å²) in [6.07, 6.45) is 1.76. The van der Waals surface area contributed by atoms with E-state index >= 15 is 0 Å². The second-order valence-corrected chi connectivity index (χ2v) is 4.84. The fourth-order valence-corrected chi connectivity index (χ4v) is 2.59. The number of carbonyl (C=O) groups excluding carboxylic acids is 1. The van der Waals surface area contributed by atoms with Crippen LogP contribution in [-0.4, -0.2) is 22.5 Å². The molecule has 0 atom stereocenters. The van der Waals surface area contributed by atoms with Gasteiger partial charge in [-0.3, -0.25) is 9.69 Å². The molecule has 1 fully saturated rings. The molecule has 1 amide bonds. The van der Waals surface area contributed by atoms with E-state index in [1.54, 1.807) is 6.08 Å². The molecule has 3 nitrogen and oxygen atoms in total. The maximum Gasteiger partial charge on any atom is 0.297 e. The Balaban J connectivity index is 2.07. The fourth-order valence-electron chi connectivity index (χ4n) is 2.29. The maximum absolute atomic E-state index is 12.1. The van der Waals surface area contributed by atoms with Crippen LogP contribution in [-0.2, 0) is 9.53 Å². The topological polar surface area (TPSA) is 29.5 Å². The zero-order valence-electron chi connectivity index (χ0n) is 11.0. The van der Waals surface area contributed by atoms with Crippen molar-refractivity contribution in [3.05, 3.63) is 53.8 Å². The van der Waals surface area contributed by atoms with E-state index in [0.717, 1.165) is 16.3 Å². The second kappa shape index (κ2) is 5.06. The predicted octanol–water partition coefficient (Wildman–Crippen LogP) is 3.34. The molecule has 2 aromatic carbocycles. The van der Waals surface area contributed by atoms with Gasteiger partial charge in [0.1, 0.15) is 0 Å². The number of ether oxygens (including phenoxy) is 1. The normalized spacial score (nSPS) is 17.1. The van der Waals surface area contributed by atoms with E-state index in [9.17, 15) is 4.79 Å². The van der Waals surface area contributed by atoms with E-state index < -0.39 is 0 Å². The Labute approximate surface area is 122 Å². The molecule has 20 heavy (non-hydrogen) atoms. The number of amides is 1. The number of fused-ring (bicyclic) bond motifs is 1. The van der Waals surface area contributed by atoms with Crippen LogP contribution in [0.15, 0.2) is 48.2 Å². The van der Waals surface area contributed by atoms with Crippen LogP contribution >= 0.6 is 12.2 Å². The average Bonchev–Trinajstić information content (AvgIpc) is 2.73. The van der Waals surface area contributed by atoms with Crippen molar-refractivity contribution >= 4 is 40.1 Å². The molecule has 1 aliphatic heterocycles. The fraction of sp³-hybridized carbons (Fsp3) is 0.125. The third-order valence-corrected chi connectivity index (χ3v) is 3.60. The van der Waals surface area contributed by atoms with Crippen molar-refractivity contribution in [2.24, 2.45) is 0 Å². The molecule has 0 saturated carbocycles. The molecule has 3 rings (SSSR count). The Bertz CT molecular complexity index is 731. The highest BCUT2D eigenvalue weighted by molar-refractivity contribution is 7.80. The van der Waals surface area contributed by atoms with E-state index in [-0.39, 0.29) is 16.8 Å². The molecule has 0 spiro atoms. The van der Waals surface area contributed by atoms with Crippen molar-refractivity contribution in [3.8, 4) is 0 Å². The van der Waals surface area contributed by atoms with Gasteiger partial charge in [0, 0.05) is 6.54 Å². The summed E-state index contributed by atoms with van der Waals surface area (Å²) in [6, 6.07) is 14.0. The van der Waals surface area contributed by atoms with E-state index in [0.29, 0.717) is 6.54 Å². The van der Waals surface area contributed by atoms with Gasteiger partial charge in [-0.2, -0.15) is 0 Å². The van der Waals surface area contributed by atoms with E-state index in [1.165, 1.54) is 4.90 Å². The van der Waals surface area contributed by atoms with Gasteiger partial charge in [-0.15, -0.1) is 0 Å². The first-order chi connectivity index (χ1) is 9.70. The summed E-state index contributed by atoms with van der Waals surface area (Å²) in [5, 5.41) is 2.44. The lowest BCUT2D eigenvalue weighted by atomic mass is 10.0. The number of nitrogens with zero attached hydrogens (tertiary/aromatic N) is 1. The Kier molecular flexibility index (Phi) is 3.24. The molecular weight excluding hydrogens is 270 g/mol. The summed E-state index contributed by atoms with van der Waals surface area (Å²) >= 11 is 5.05. The van der Waals surface area contributed by atoms with Crippen molar-refractivity contribution < 1.29 is 9.53 Å². The monoisotopic (exact) mass is 283 g/mol. The molecule has 1 saturated heterocycles. The molecule has 0 aromatic heterocycles. The lowest BCUT2D eigenvalue weighted by molar-refractivity contribution is -0.122. The highest BCUT2D eigenvalue weighted by Crippen LogP contribution is 2.24. The molecule has 0 N–H and O–H groups in total. The van der Waals surface area contributed by atoms with Gasteiger partial charge >= 0.3 is 0 Å². The van der Waals surface area contributed by atoms with Gasteiger partial charge in [0.25, 0.3) is 11.1 Å². The summed E-state index contributed by atoms with van der Waals surface area (Å²) in [4.78, 5) is 13.6. The summed E-state index contributed by atoms with van der Waals surface area (Å²) in [6.45, 7) is 2.39. The van der Waals surface area contributed by atoms with Gasteiger partial charge in [0.15, 0.2) is 5.76 Å². The van der Waals surface area contributed by atoms with Crippen LogP contribution in [0.2, 0.25) is 0 Å². The van der Waals surface area contributed by atoms with Gasteiger partial charge in [-0.05, 0) is 41.6 Å². The summed E-state index contributed by atoms with van der Waals surface area (Å²) in [5.41, 5.74) is 0.951. The summed E-state index contributed by atoms with van der Waals surface area (Å²) < 4.78 is 5.40. The van der Waals surface area contributed by atoms with Crippen LogP contribution in [0.1, 0.15) is 12.5 Å². The van der Waals surface area contributed by atoms with Crippen LogP contribution < -0.4 is 0 Å². The minimum absolute atomic E-state index is 0.176. The van der Waals surface area contributed by atoms with Crippen LogP contribution in [0.4, 0.5) is 0 Å². The van der Waals surface area contributed by atoms with E-state index in [1.807, 2.05) is 49.4 Å². The number of hydrogen-bond acceptors (Lipinski definition) is 3. The molecular formula is C16H13NO2S. The molecule has 0 aliphatic carbocycles. The van der Waals surface area contributed by atoms with Crippen molar-refractivity contribution in [3.63, 3.8) is 0 Å². The number of benzene rings is 2. The lowest BCUT2D eigenvalue weighted by Gasteiger charge is -2.06. The SMILES string of the molecule is CCN1C(=O)/C(=C\c2cccc3ccccc23)OC1=S. The number of likely N-dealkylation sites (N-methyl/N-ethyl adjacent to an activating group) is 1. The molecule has 0 bridgehead atoms. The highest BCUT2D eigenvalue weighted by Gasteiger charge is 2.32. The molecule has 4 heteroatoms. The van der Waals surface area contributed by atoms with Crippen molar-refractivity contribution in [1.29, 1.82) is 0 Å². The third-order valence-electron chi connectivity index (χ3n) is 3.30. The van der Waals surface area contributed by atoms with Crippen LogP contribution in [0.3, 0.4) is 0 Å². The predicted molar refractivity (Wildman–Crippen MR) is 83.0 cm³/mol. The summed E-state index contributed by atoms with van der Waals surface area (Å²) in [5.74, 6) is 0.110. The van der Waals surface area contributed by atoms with E-state index in [4.69, 9.17) is 17.0 Å². The number of rotatable bonds is 2. The first-order valence-electron chi connectivity index (χ1n) is 6.44. The van der Waals surface area contributed by atoms with Crippen LogP contribution in [0.5, 0.6) is 0 Å². The summed E-state index contributed by atoms with van der Waals surface area (Å²) in [7, 11) is 0. The Hall–Kier alpha value is -2.20. The van der Waals surface area contributed by atoms with E-state index in [2.05, 4.69) is 0 Å². The van der Waals surface area contributed by atoms with Crippen molar-refractivity contribution in [2.45, 2.75) is 6.92 Å². The molecule has 1 heterocycles. The quantitative estimate of drug-likeness (QED) is 0.625. The van der Waals surface area contributed by atoms with Gasteiger partial charge in [-0.1, -0.05) is 42.5 Å². The smallest absolute Gasteiger partial charge is 0.297 e. The lowest BCUT2D eigenvalue weighted by Crippen LogP contribution is -2.27. The largest absolute Gasteiger partial charge is 0.426 e. The Morgan fingerprint density at radius 2 is 1.95 bits per heavy atom. The van der Waals surface area contributed by atoms with Crippen LogP contribution in [0, 0.1) is 0 Å². The first-order valence-corrected chi connectivity index (χ1v) is 6.84. The molecule has 0 radical (unpaired) electrons. The second-order valence-electron chi connectivity index (χ2n) is 4.49. The number of carbonyl (C=O) groups is 1. The van der Waals surface area contributed by atoms with Gasteiger partial charge in [-0.25, -0.2) is 0 Å². The molecule has 1 aliphatic rings. The van der Waals surface area contributed by atoms with Gasteiger partial charge in [0.2, 0.25) is 0 Å². The number of thiocarbonyl (C=S) groups is 1. The molecule has 2 aromatic rings. The maximum atomic E-state index is 12.1. The molecule has 100 valence electrons. The van der Waals surface area contributed by atoms with Crippen molar-refractivity contribution in [1.82, 2.24) is 4.90 Å². The Morgan fingerprint density at radius 1 is 1.20 bits per heavy atom. The van der Waals surface area contributed by atoms with Crippen LogP contribution in [0.25, 0.3) is 16.8 Å². The third kappa shape index (κ3) is 2.08. The standard InChI is InChI=1S/C16H13NO2S/c1-2-17-15(18)14(19-16(17)20)10-12-8-5-7-11-6-3-4-9-13(11)12/h3-10H,2H2,1H3/b14-10+. The Morgan fingerprint density at radius 3 is 2.70 bits per heavy atom. The highest BCUT2D eigenvalue weighted by atomic mass is 32.1. The zero-order valence-corrected chi connectivity index (χ0v) is 11.8. The zero-order chi connectivity index (χ0) is 14.1. The first kappa shape index (κ1) is 12.8. The van der Waals surface area contributed by atoms with Crippen molar-refractivity contribution in [2.75, 3.05) is 6.54 Å².